The molecule has 0 unspecified atom stereocenters. The van der Waals surface area contributed by atoms with Crippen LogP contribution in [0.5, 0.6) is 5.75 Å². The van der Waals surface area contributed by atoms with Crippen LogP contribution in [0.3, 0.4) is 0 Å². The molecule has 0 aromatic heterocycles. The highest BCUT2D eigenvalue weighted by Gasteiger charge is 2.20. The summed E-state index contributed by atoms with van der Waals surface area (Å²) < 4.78 is 5.25. The highest BCUT2D eigenvalue weighted by molar-refractivity contribution is 5.93. The van der Waals surface area contributed by atoms with E-state index < -0.39 is 0 Å². The van der Waals surface area contributed by atoms with Gasteiger partial charge in [0.25, 0.3) is 0 Å². The highest BCUT2D eigenvalue weighted by atomic mass is 16.5. The first-order valence-corrected chi connectivity index (χ1v) is 6.92. The van der Waals surface area contributed by atoms with Crippen LogP contribution in [0.4, 0.5) is 0 Å². The molecule has 1 aliphatic rings. The average Bonchev–Trinajstić information content (AvgIpc) is 2.88. The molecule has 1 aliphatic heterocycles. The van der Waals surface area contributed by atoms with Gasteiger partial charge in [-0.15, -0.1) is 0 Å². The number of hydrogen-bond acceptors (Lipinski definition) is 3. The number of rotatable bonds is 4. The molecule has 4 nitrogen and oxygen atoms in total. The Labute approximate surface area is 124 Å². The summed E-state index contributed by atoms with van der Waals surface area (Å²) in [4.78, 5) is 13.6. The van der Waals surface area contributed by atoms with Gasteiger partial charge in [-0.25, -0.2) is 0 Å². The second kappa shape index (κ2) is 5.58. The van der Waals surface area contributed by atoms with Crippen LogP contribution in [0.2, 0.25) is 0 Å². The number of primary amides is 1. The molecular weight excluding hydrogens is 264 g/mol. The molecule has 0 saturated carbocycles. The number of nitrogens with two attached hydrogens (primary N) is 1. The molecular formula is C17H18N2O2. The monoisotopic (exact) mass is 282 g/mol. The van der Waals surface area contributed by atoms with Gasteiger partial charge in [-0.05, 0) is 41.0 Å². The van der Waals surface area contributed by atoms with E-state index in [0.717, 1.165) is 25.4 Å². The number of benzene rings is 2. The standard InChI is InChI=1S/C17H18N2O2/c1-21-16-4-2-3-12(7-16)9-19-10-14-6-5-13(17(18)20)8-15(14)11-19/h2-8H,9-11H2,1H3,(H2,18,20). The summed E-state index contributed by atoms with van der Waals surface area (Å²) in [5.74, 6) is 0.504. The average molecular weight is 282 g/mol. The first kappa shape index (κ1) is 13.6. The fourth-order valence-electron chi connectivity index (χ4n) is 2.76. The molecule has 3 rings (SSSR count). The topological polar surface area (TPSA) is 55.6 Å². The quantitative estimate of drug-likeness (QED) is 0.936. The third-order valence-corrected chi connectivity index (χ3v) is 3.82. The number of carbonyl (C=O) groups excluding carboxylic acids is 1. The van der Waals surface area contributed by atoms with Crippen molar-refractivity contribution in [2.45, 2.75) is 19.6 Å². The molecule has 0 spiro atoms. The summed E-state index contributed by atoms with van der Waals surface area (Å²) in [5, 5.41) is 0. The Morgan fingerprint density at radius 3 is 2.76 bits per heavy atom. The summed E-state index contributed by atoms with van der Waals surface area (Å²) in [6, 6.07) is 13.8. The fraction of sp³-hybridized carbons (Fsp3) is 0.235. The van der Waals surface area contributed by atoms with Crippen LogP contribution >= 0.6 is 0 Å². The fourth-order valence-corrected chi connectivity index (χ4v) is 2.76. The smallest absolute Gasteiger partial charge is 0.248 e. The van der Waals surface area contributed by atoms with E-state index in [2.05, 4.69) is 17.0 Å². The van der Waals surface area contributed by atoms with Crippen LogP contribution in [0.1, 0.15) is 27.0 Å². The minimum absolute atomic E-state index is 0.371. The van der Waals surface area contributed by atoms with E-state index in [0.29, 0.717) is 5.56 Å². The van der Waals surface area contributed by atoms with Crippen LogP contribution < -0.4 is 10.5 Å². The maximum atomic E-state index is 11.2. The SMILES string of the molecule is COc1cccc(CN2Cc3ccc(C(N)=O)cc3C2)c1. The zero-order valence-corrected chi connectivity index (χ0v) is 12.0. The molecule has 0 aliphatic carbocycles. The molecule has 1 heterocycles. The maximum Gasteiger partial charge on any atom is 0.248 e. The van der Waals surface area contributed by atoms with Gasteiger partial charge in [0.1, 0.15) is 5.75 Å². The normalized spacial score (nSPS) is 14.0. The Balaban J connectivity index is 1.73. The van der Waals surface area contributed by atoms with Crippen molar-refractivity contribution in [2.24, 2.45) is 5.73 Å². The molecule has 2 aromatic rings. The lowest BCUT2D eigenvalue weighted by molar-refractivity contribution is 0.1000. The Hall–Kier alpha value is -2.33. The molecule has 2 N–H and O–H groups in total. The lowest BCUT2D eigenvalue weighted by Gasteiger charge is -2.15. The first-order chi connectivity index (χ1) is 10.2. The molecule has 0 atom stereocenters. The van der Waals surface area contributed by atoms with E-state index in [1.54, 1.807) is 13.2 Å². The van der Waals surface area contributed by atoms with Gasteiger partial charge < -0.3 is 10.5 Å². The Kier molecular flexibility index (Phi) is 3.62. The van der Waals surface area contributed by atoms with Crippen LogP contribution in [0, 0.1) is 0 Å². The summed E-state index contributed by atoms with van der Waals surface area (Å²) in [5.41, 5.74) is 9.59. The van der Waals surface area contributed by atoms with E-state index in [4.69, 9.17) is 10.5 Å². The molecule has 1 amide bonds. The molecule has 4 heteroatoms. The number of ether oxygens (including phenoxy) is 1. The van der Waals surface area contributed by atoms with Crippen LogP contribution in [-0.2, 0) is 19.6 Å². The minimum atomic E-state index is -0.371. The van der Waals surface area contributed by atoms with Crippen molar-refractivity contribution < 1.29 is 9.53 Å². The number of hydrogen-bond donors (Lipinski definition) is 1. The van der Waals surface area contributed by atoms with Gasteiger partial charge in [0.05, 0.1) is 7.11 Å². The number of amides is 1. The van der Waals surface area contributed by atoms with Gasteiger partial charge in [-0.2, -0.15) is 0 Å². The minimum Gasteiger partial charge on any atom is -0.497 e. The summed E-state index contributed by atoms with van der Waals surface area (Å²) in [6.45, 7) is 2.59. The van der Waals surface area contributed by atoms with Gasteiger partial charge in [0.15, 0.2) is 0 Å². The third kappa shape index (κ3) is 2.90. The summed E-state index contributed by atoms with van der Waals surface area (Å²) in [7, 11) is 1.68. The van der Waals surface area contributed by atoms with Crippen molar-refractivity contribution >= 4 is 5.91 Å². The number of nitrogens with zero attached hydrogens (tertiary/aromatic N) is 1. The molecule has 2 aromatic carbocycles. The Morgan fingerprint density at radius 1 is 1.19 bits per heavy atom. The predicted molar refractivity (Wildman–Crippen MR) is 80.9 cm³/mol. The number of carbonyl (C=O) groups is 1. The number of methoxy groups -OCH3 is 1. The molecule has 0 bridgehead atoms. The lowest BCUT2D eigenvalue weighted by atomic mass is 10.1. The van der Waals surface area contributed by atoms with Crippen LogP contribution in [-0.4, -0.2) is 17.9 Å². The second-order valence-electron chi connectivity index (χ2n) is 5.34. The van der Waals surface area contributed by atoms with Gasteiger partial charge in [-0.3, -0.25) is 9.69 Å². The predicted octanol–water partition coefficient (Wildman–Crippen LogP) is 2.31. The first-order valence-electron chi connectivity index (χ1n) is 6.92. The van der Waals surface area contributed by atoms with Gasteiger partial charge in [0.2, 0.25) is 5.91 Å². The van der Waals surface area contributed by atoms with E-state index >= 15 is 0 Å². The Morgan fingerprint density at radius 2 is 2.00 bits per heavy atom. The zero-order valence-electron chi connectivity index (χ0n) is 12.0. The second-order valence-corrected chi connectivity index (χ2v) is 5.34. The van der Waals surface area contributed by atoms with Crippen LogP contribution in [0.15, 0.2) is 42.5 Å². The van der Waals surface area contributed by atoms with Crippen molar-refractivity contribution in [3.05, 3.63) is 64.7 Å². The lowest BCUT2D eigenvalue weighted by Crippen LogP contribution is -2.15. The number of fused-ring (bicyclic) bond motifs is 1. The van der Waals surface area contributed by atoms with Crippen molar-refractivity contribution in [1.29, 1.82) is 0 Å². The van der Waals surface area contributed by atoms with Gasteiger partial charge in [-0.1, -0.05) is 18.2 Å². The van der Waals surface area contributed by atoms with E-state index in [9.17, 15) is 4.79 Å². The molecule has 0 fully saturated rings. The third-order valence-electron chi connectivity index (χ3n) is 3.82. The maximum absolute atomic E-state index is 11.2. The van der Waals surface area contributed by atoms with Gasteiger partial charge >= 0.3 is 0 Å². The molecule has 0 radical (unpaired) electrons. The van der Waals surface area contributed by atoms with E-state index in [-0.39, 0.29) is 5.91 Å². The molecule has 0 saturated heterocycles. The van der Waals surface area contributed by atoms with Crippen LogP contribution in [0.25, 0.3) is 0 Å². The van der Waals surface area contributed by atoms with Gasteiger partial charge in [0, 0.05) is 25.2 Å². The summed E-state index contributed by atoms with van der Waals surface area (Å²) >= 11 is 0. The largest absolute Gasteiger partial charge is 0.497 e. The van der Waals surface area contributed by atoms with E-state index in [1.807, 2.05) is 24.3 Å². The van der Waals surface area contributed by atoms with Crippen molar-refractivity contribution in [2.75, 3.05) is 7.11 Å². The highest BCUT2D eigenvalue weighted by Crippen LogP contribution is 2.26. The van der Waals surface area contributed by atoms with Crippen molar-refractivity contribution in [1.82, 2.24) is 4.90 Å². The Bertz CT molecular complexity index is 682. The van der Waals surface area contributed by atoms with Crippen molar-refractivity contribution in [3.8, 4) is 5.75 Å². The molecule has 21 heavy (non-hydrogen) atoms. The molecule has 108 valence electrons. The summed E-state index contributed by atoms with van der Waals surface area (Å²) in [6.07, 6.45) is 0. The van der Waals surface area contributed by atoms with Crippen molar-refractivity contribution in [3.63, 3.8) is 0 Å². The zero-order chi connectivity index (χ0) is 14.8. The van der Waals surface area contributed by atoms with E-state index in [1.165, 1.54) is 16.7 Å².